The van der Waals surface area contributed by atoms with E-state index in [0.717, 1.165) is 45.0 Å². The van der Waals surface area contributed by atoms with Gasteiger partial charge in [0.05, 0.1) is 57.4 Å². The third kappa shape index (κ3) is 9.86. The van der Waals surface area contributed by atoms with E-state index in [-0.39, 0.29) is 11.4 Å². The maximum absolute atomic E-state index is 11.3. The second-order valence-corrected chi connectivity index (χ2v) is 13.0. The van der Waals surface area contributed by atoms with Crippen molar-refractivity contribution in [3.63, 3.8) is 0 Å². The van der Waals surface area contributed by atoms with Crippen molar-refractivity contribution >= 4 is 80.4 Å². The molecule has 0 spiro atoms. The van der Waals surface area contributed by atoms with Gasteiger partial charge in [-0.1, -0.05) is 27.8 Å². The minimum Gasteiger partial charge on any atom is -0.505 e. The molecule has 0 saturated heterocycles. The van der Waals surface area contributed by atoms with Gasteiger partial charge >= 0.3 is 0 Å². The average molecular weight is 750 g/mol. The molecule has 0 bridgehead atoms. The van der Waals surface area contributed by atoms with E-state index >= 15 is 0 Å². The molecule has 0 radical (unpaired) electrons. The van der Waals surface area contributed by atoms with Crippen molar-refractivity contribution < 1.29 is 34.4 Å². The molecule has 0 unspecified atom stereocenters. The van der Waals surface area contributed by atoms with Gasteiger partial charge in [-0.25, -0.2) is 10.5 Å². The largest absolute Gasteiger partial charge is 0.505 e. The number of phenolic OH excluding ortho intramolecular Hbond substituents is 1. The maximum Gasteiger partial charge on any atom is 0.152 e. The Morgan fingerprint density at radius 2 is 1.08 bits per heavy atom. The lowest BCUT2D eigenvalue weighted by Crippen LogP contribution is -1.91. The van der Waals surface area contributed by atoms with Gasteiger partial charge in [0.1, 0.15) is 5.69 Å². The minimum atomic E-state index is -0.112. The number of nitrogens with one attached hydrogen (secondary N) is 1. The van der Waals surface area contributed by atoms with Crippen molar-refractivity contribution in [2.24, 2.45) is 30.7 Å². The molecule has 0 heterocycles. The first-order valence-corrected chi connectivity index (χ1v) is 17.3. The molecule has 53 heavy (non-hydrogen) atoms. The van der Waals surface area contributed by atoms with Gasteiger partial charge in [-0.05, 0) is 134 Å². The number of rotatable bonds is 14. The number of nitrogens with zero attached hydrogens (tertiary/aromatic N) is 6. The summed E-state index contributed by atoms with van der Waals surface area (Å²) in [6, 6.07) is 33.1. The number of benzene rings is 6. The Morgan fingerprint density at radius 1 is 0.547 bits per heavy atom. The minimum absolute atomic E-state index is 0.112. The first-order valence-electron chi connectivity index (χ1n) is 15.8. The number of hydrogen-bond donors (Lipinski definition) is 4. The Labute approximate surface area is 312 Å². The molecule has 0 fully saturated rings. The van der Waals surface area contributed by atoms with Crippen molar-refractivity contribution in [2.75, 3.05) is 5.32 Å². The van der Waals surface area contributed by atoms with Crippen molar-refractivity contribution in [3.05, 3.63) is 126 Å². The summed E-state index contributed by atoms with van der Waals surface area (Å²) in [5.74, 6) is -0.112. The zero-order valence-electron chi connectivity index (χ0n) is 28.4. The smallest absolute Gasteiger partial charge is 0.152 e. The lowest BCUT2D eigenvalue weighted by Gasteiger charge is -2.12. The molecule has 6 aromatic carbocycles. The number of phenols is 1. The molecule has 0 atom stereocenters. The van der Waals surface area contributed by atoms with Crippen LogP contribution in [-0.4, -0.2) is 15.6 Å². The van der Waals surface area contributed by atoms with Gasteiger partial charge in [0.25, 0.3) is 0 Å². The predicted molar refractivity (Wildman–Crippen MR) is 203 cm³/mol. The summed E-state index contributed by atoms with van der Waals surface area (Å²) in [4.78, 5) is 1.08. The van der Waals surface area contributed by atoms with E-state index in [0.29, 0.717) is 56.1 Å². The molecule has 0 aromatic heterocycles. The molecule has 6 aromatic rings. The molecule has 0 saturated carbocycles. The quantitative estimate of drug-likeness (QED) is 0.0361. The van der Waals surface area contributed by atoms with Crippen LogP contribution < -0.4 is 5.32 Å². The zero-order chi connectivity index (χ0) is 37.2. The highest BCUT2D eigenvalue weighted by Gasteiger charge is 2.16. The molecule has 6 rings (SSSR count). The second kappa shape index (κ2) is 17.8. The SMILES string of the molecule is Cc1ccc(Nc2ccc3c(O)c(N=Nc4cc(C)c(N=Nc5ccc(N=Nc6ccc(SOOO)cc6)cc5)cc4C)c(SOOO)cc3c2)cc1. The maximum atomic E-state index is 11.3. The van der Waals surface area contributed by atoms with Crippen LogP contribution in [0.1, 0.15) is 16.7 Å². The lowest BCUT2D eigenvalue weighted by atomic mass is 10.1. The van der Waals surface area contributed by atoms with Crippen LogP contribution in [0.3, 0.4) is 0 Å². The van der Waals surface area contributed by atoms with E-state index in [4.69, 9.17) is 14.8 Å². The standard InChI is InChI=1S/C37H31N7O7S2/c1-22-4-6-26(7-5-22)38-30-14-17-32-25(20-30)21-35(53-51-49-47)36(37(32)45)44-43-34-19-23(2)33(18-24(34)3)42-41-28-10-8-27(9-11-28)39-40-29-12-15-31(16-13-29)52-50-48-46/h4-21,38,45-47H,1-3H3. The van der Waals surface area contributed by atoms with E-state index in [1.165, 1.54) is 0 Å². The molecule has 0 aliphatic heterocycles. The Kier molecular flexibility index (Phi) is 12.5. The molecular formula is C37H31N7O7S2. The number of aromatic hydroxyl groups is 1. The fourth-order valence-electron chi connectivity index (χ4n) is 4.99. The molecule has 0 amide bonds. The van der Waals surface area contributed by atoms with Gasteiger partial charge in [0.2, 0.25) is 0 Å². The molecule has 0 aliphatic rings. The van der Waals surface area contributed by atoms with Crippen LogP contribution in [0.15, 0.2) is 150 Å². The van der Waals surface area contributed by atoms with Crippen molar-refractivity contribution in [1.29, 1.82) is 0 Å². The summed E-state index contributed by atoms with van der Waals surface area (Å²) in [5, 5.41) is 66.6. The van der Waals surface area contributed by atoms with Gasteiger partial charge in [-0.15, -0.1) is 13.8 Å². The summed E-state index contributed by atoms with van der Waals surface area (Å²) in [6.45, 7) is 5.79. The Balaban J connectivity index is 1.16. The number of fused-ring (bicyclic) bond motifs is 1. The van der Waals surface area contributed by atoms with Crippen LogP contribution in [0.5, 0.6) is 5.75 Å². The molecular weight excluding hydrogens is 719 g/mol. The first-order chi connectivity index (χ1) is 25.8. The average Bonchev–Trinajstić information content (AvgIpc) is 3.17. The second-order valence-electron chi connectivity index (χ2n) is 11.5. The third-order valence-corrected chi connectivity index (χ3v) is 8.93. The molecule has 268 valence electrons. The Morgan fingerprint density at radius 3 is 1.68 bits per heavy atom. The molecule has 0 aliphatic carbocycles. The molecule has 16 heteroatoms. The van der Waals surface area contributed by atoms with Gasteiger partial charge in [-0.3, -0.25) is 0 Å². The summed E-state index contributed by atoms with van der Waals surface area (Å²) in [5.41, 5.74) is 7.72. The van der Waals surface area contributed by atoms with Crippen LogP contribution in [0.25, 0.3) is 10.8 Å². The molecule has 4 N–H and O–H groups in total. The van der Waals surface area contributed by atoms with Crippen molar-refractivity contribution in [3.8, 4) is 5.75 Å². The first kappa shape index (κ1) is 37.2. The number of aryl methyl sites for hydroxylation is 3. The Bertz CT molecular complexity index is 2290. The van der Waals surface area contributed by atoms with Gasteiger partial charge in [0.15, 0.2) is 5.75 Å². The van der Waals surface area contributed by atoms with E-state index in [2.05, 4.69) is 50.4 Å². The Hall–Kier alpha value is -5.56. The fourth-order valence-corrected chi connectivity index (χ4v) is 5.84. The third-order valence-electron chi connectivity index (χ3n) is 7.72. The zero-order valence-corrected chi connectivity index (χ0v) is 30.0. The number of anilines is 2. The monoisotopic (exact) mass is 749 g/mol. The van der Waals surface area contributed by atoms with Crippen LogP contribution in [0.2, 0.25) is 0 Å². The predicted octanol–water partition coefficient (Wildman–Crippen LogP) is 13.3. The highest BCUT2D eigenvalue weighted by Crippen LogP contribution is 2.45. The summed E-state index contributed by atoms with van der Waals surface area (Å²) < 4.78 is 9.13. The summed E-state index contributed by atoms with van der Waals surface area (Å²) in [7, 11) is 0. The highest BCUT2D eigenvalue weighted by atomic mass is 32.2. The van der Waals surface area contributed by atoms with E-state index in [9.17, 15) is 5.11 Å². The van der Waals surface area contributed by atoms with Crippen LogP contribution in [0, 0.1) is 20.8 Å². The number of azo groups is 3. The van der Waals surface area contributed by atoms with Crippen molar-refractivity contribution in [2.45, 2.75) is 30.6 Å². The highest BCUT2D eigenvalue weighted by molar-refractivity contribution is 7.94. The fraction of sp³-hybridized carbons (Fsp3) is 0.0811. The number of hydrogen-bond acceptors (Lipinski definition) is 16. The van der Waals surface area contributed by atoms with E-state index in [1.54, 1.807) is 60.7 Å². The van der Waals surface area contributed by atoms with Gasteiger partial charge < -0.3 is 10.4 Å². The summed E-state index contributed by atoms with van der Waals surface area (Å²) in [6.07, 6.45) is 0. The van der Waals surface area contributed by atoms with Crippen LogP contribution >= 0.6 is 24.1 Å². The summed E-state index contributed by atoms with van der Waals surface area (Å²) >= 11 is 1.54. The van der Waals surface area contributed by atoms with E-state index < -0.39 is 0 Å². The van der Waals surface area contributed by atoms with E-state index in [1.807, 2.05) is 69.3 Å². The van der Waals surface area contributed by atoms with Crippen molar-refractivity contribution in [1.82, 2.24) is 0 Å². The van der Waals surface area contributed by atoms with Gasteiger partial charge in [-0.2, -0.15) is 25.6 Å². The van der Waals surface area contributed by atoms with Gasteiger partial charge in [0, 0.05) is 21.7 Å². The topological polar surface area (TPSA) is 184 Å². The lowest BCUT2D eigenvalue weighted by molar-refractivity contribution is -0.432. The van der Waals surface area contributed by atoms with Crippen LogP contribution in [0.4, 0.5) is 45.5 Å². The normalized spacial score (nSPS) is 11.8. The molecule has 14 nitrogen and oxygen atoms in total. The van der Waals surface area contributed by atoms with Crippen LogP contribution in [-0.2, 0) is 18.7 Å².